The molecule has 0 saturated heterocycles. The van der Waals surface area contributed by atoms with Crippen molar-refractivity contribution in [3.63, 3.8) is 0 Å². The van der Waals surface area contributed by atoms with Crippen molar-refractivity contribution >= 4 is 7.85 Å². The summed E-state index contributed by atoms with van der Waals surface area (Å²) in [5.74, 6) is 4.81. The van der Waals surface area contributed by atoms with Crippen molar-refractivity contribution in [1.29, 1.82) is 0 Å². The molecule has 1 saturated carbocycles. The highest BCUT2D eigenvalue weighted by molar-refractivity contribution is 6.12. The van der Waals surface area contributed by atoms with E-state index in [0.717, 1.165) is 29.5 Å². The molecule has 0 aromatic heterocycles. The molecule has 0 heterocycles. The van der Waals surface area contributed by atoms with Crippen molar-refractivity contribution < 1.29 is 0 Å². The zero-order valence-corrected chi connectivity index (χ0v) is 9.30. The average molecular weight is 166 g/mol. The molecule has 0 aromatic rings. The monoisotopic (exact) mass is 166 g/mol. The summed E-state index contributed by atoms with van der Waals surface area (Å²) >= 11 is 0. The van der Waals surface area contributed by atoms with Gasteiger partial charge in [-0.2, -0.15) is 0 Å². The second-order valence-electron chi connectivity index (χ2n) is 5.05. The van der Waals surface area contributed by atoms with Crippen LogP contribution < -0.4 is 0 Å². The van der Waals surface area contributed by atoms with Gasteiger partial charge in [0.1, 0.15) is 7.85 Å². The third-order valence-corrected chi connectivity index (χ3v) is 4.09. The van der Waals surface area contributed by atoms with Crippen LogP contribution in [0.2, 0.25) is 5.82 Å². The molecule has 1 fully saturated rings. The van der Waals surface area contributed by atoms with Gasteiger partial charge in [0.25, 0.3) is 0 Å². The van der Waals surface area contributed by atoms with Gasteiger partial charge in [-0.3, -0.25) is 0 Å². The summed E-state index contributed by atoms with van der Waals surface area (Å²) in [5, 5.41) is 0. The van der Waals surface area contributed by atoms with Crippen LogP contribution in [0.5, 0.6) is 0 Å². The van der Waals surface area contributed by atoms with E-state index in [1.807, 2.05) is 0 Å². The van der Waals surface area contributed by atoms with Crippen LogP contribution in [0.4, 0.5) is 0 Å². The Labute approximate surface area is 78.5 Å². The van der Waals surface area contributed by atoms with Gasteiger partial charge in [-0.25, -0.2) is 0 Å². The van der Waals surface area contributed by atoms with E-state index < -0.39 is 0 Å². The van der Waals surface area contributed by atoms with Crippen LogP contribution in [-0.2, 0) is 0 Å². The highest BCUT2D eigenvalue weighted by Gasteiger charge is 2.37. The van der Waals surface area contributed by atoms with Crippen molar-refractivity contribution in [1.82, 2.24) is 0 Å². The number of rotatable bonds is 2. The van der Waals surface area contributed by atoms with Crippen molar-refractivity contribution in [3.05, 3.63) is 0 Å². The lowest BCUT2D eigenvalue weighted by Gasteiger charge is -2.24. The first-order valence-corrected chi connectivity index (χ1v) is 5.57. The summed E-state index contributed by atoms with van der Waals surface area (Å²) in [6, 6.07) is 0. The molecule has 0 radical (unpaired) electrons. The van der Waals surface area contributed by atoms with Crippen LogP contribution >= 0.6 is 0 Å². The van der Waals surface area contributed by atoms with Gasteiger partial charge in [0.15, 0.2) is 0 Å². The van der Waals surface area contributed by atoms with E-state index in [2.05, 4.69) is 35.5 Å². The summed E-state index contributed by atoms with van der Waals surface area (Å²) < 4.78 is 0. The molecule has 4 atom stereocenters. The fourth-order valence-corrected chi connectivity index (χ4v) is 3.07. The molecule has 4 unspecified atom stereocenters. The third-order valence-electron chi connectivity index (χ3n) is 4.09. The molecule has 0 aromatic carbocycles. The first-order valence-electron chi connectivity index (χ1n) is 5.57. The Morgan fingerprint density at radius 2 is 2.00 bits per heavy atom. The molecule has 12 heavy (non-hydrogen) atoms. The van der Waals surface area contributed by atoms with E-state index in [1.165, 1.54) is 12.8 Å². The standard InChI is InChI=1S/C11H23B/c1-5-9-8(4)11(12)6-10(9)7(2)3/h7-11H,5-6,12H2,1-4H3. The van der Waals surface area contributed by atoms with Gasteiger partial charge in [-0.05, 0) is 23.7 Å². The van der Waals surface area contributed by atoms with Crippen molar-refractivity contribution in [2.75, 3.05) is 0 Å². The Kier molecular flexibility index (Phi) is 3.26. The molecule has 0 aliphatic heterocycles. The molecule has 70 valence electrons. The normalized spacial score (nSPS) is 42.4. The van der Waals surface area contributed by atoms with Crippen LogP contribution in [0.1, 0.15) is 40.5 Å². The summed E-state index contributed by atoms with van der Waals surface area (Å²) in [4.78, 5) is 0. The van der Waals surface area contributed by atoms with Crippen LogP contribution in [0, 0.1) is 23.7 Å². The molecule has 0 nitrogen and oxygen atoms in total. The molecule has 1 heteroatoms. The number of hydrogen-bond donors (Lipinski definition) is 0. The van der Waals surface area contributed by atoms with Gasteiger partial charge in [0.2, 0.25) is 0 Å². The van der Waals surface area contributed by atoms with Crippen molar-refractivity contribution in [2.45, 2.75) is 46.4 Å². The minimum atomic E-state index is 0.891. The van der Waals surface area contributed by atoms with E-state index in [4.69, 9.17) is 0 Å². The van der Waals surface area contributed by atoms with Gasteiger partial charge >= 0.3 is 0 Å². The number of hydrogen-bond acceptors (Lipinski definition) is 0. The molecular formula is C11H23B. The fraction of sp³-hybridized carbons (Fsp3) is 1.00. The van der Waals surface area contributed by atoms with E-state index in [-0.39, 0.29) is 0 Å². The molecule has 0 spiro atoms. The topological polar surface area (TPSA) is 0 Å². The Balaban J connectivity index is 2.65. The molecular weight excluding hydrogens is 143 g/mol. The first-order chi connectivity index (χ1) is 5.57. The molecule has 0 amide bonds. The van der Waals surface area contributed by atoms with Gasteiger partial charge < -0.3 is 0 Å². The Hall–Kier alpha value is 0.0649. The molecule has 1 aliphatic carbocycles. The Morgan fingerprint density at radius 1 is 1.42 bits per heavy atom. The smallest absolute Gasteiger partial charge is 0.0666 e. The lowest BCUT2D eigenvalue weighted by molar-refractivity contribution is 0.253. The zero-order chi connectivity index (χ0) is 9.30. The van der Waals surface area contributed by atoms with E-state index in [9.17, 15) is 0 Å². The minimum absolute atomic E-state index is 0.891. The molecule has 0 N–H and O–H groups in total. The largest absolute Gasteiger partial charge is 0.105 e. The van der Waals surface area contributed by atoms with Crippen LogP contribution in [0.15, 0.2) is 0 Å². The van der Waals surface area contributed by atoms with Gasteiger partial charge in [-0.15, -0.1) is 0 Å². The van der Waals surface area contributed by atoms with Crippen molar-refractivity contribution in [2.24, 2.45) is 23.7 Å². The first kappa shape index (κ1) is 10.1. The zero-order valence-electron chi connectivity index (χ0n) is 9.30. The summed E-state index contributed by atoms with van der Waals surface area (Å²) in [7, 11) is 2.43. The lowest BCUT2D eigenvalue weighted by atomic mass is 9.77. The fourth-order valence-electron chi connectivity index (χ4n) is 3.07. The summed E-state index contributed by atoms with van der Waals surface area (Å²) in [5.41, 5.74) is 0. The van der Waals surface area contributed by atoms with Crippen LogP contribution in [-0.4, -0.2) is 7.85 Å². The Bertz CT molecular complexity index is 142. The molecule has 0 bridgehead atoms. The quantitative estimate of drug-likeness (QED) is 0.553. The summed E-state index contributed by atoms with van der Waals surface area (Å²) in [6.07, 6.45) is 2.85. The van der Waals surface area contributed by atoms with Gasteiger partial charge in [0.05, 0.1) is 0 Å². The maximum atomic E-state index is 2.45. The van der Waals surface area contributed by atoms with Gasteiger partial charge in [0, 0.05) is 0 Å². The predicted molar refractivity (Wildman–Crippen MR) is 58.2 cm³/mol. The maximum absolute atomic E-state index is 2.45. The van der Waals surface area contributed by atoms with E-state index >= 15 is 0 Å². The second kappa shape index (κ2) is 3.85. The Morgan fingerprint density at radius 3 is 2.33 bits per heavy atom. The highest BCUT2D eigenvalue weighted by atomic mass is 14.4. The maximum Gasteiger partial charge on any atom is 0.105 e. The second-order valence-corrected chi connectivity index (χ2v) is 5.05. The summed E-state index contributed by atoms with van der Waals surface area (Å²) in [6.45, 7) is 9.58. The van der Waals surface area contributed by atoms with Crippen LogP contribution in [0.3, 0.4) is 0 Å². The SMILES string of the molecule is BC1CC(C(C)C)C(CC)C1C. The predicted octanol–water partition coefficient (Wildman–Crippen LogP) is 2.75. The minimum Gasteiger partial charge on any atom is -0.0666 e. The van der Waals surface area contributed by atoms with E-state index in [0.29, 0.717) is 0 Å². The van der Waals surface area contributed by atoms with Crippen LogP contribution in [0.25, 0.3) is 0 Å². The molecule has 1 aliphatic rings. The van der Waals surface area contributed by atoms with Gasteiger partial charge in [-0.1, -0.05) is 46.4 Å². The third kappa shape index (κ3) is 1.70. The average Bonchev–Trinajstić information content (AvgIpc) is 2.29. The molecule has 1 rings (SSSR count). The van der Waals surface area contributed by atoms with E-state index in [1.54, 1.807) is 0 Å². The highest BCUT2D eigenvalue weighted by Crippen LogP contribution is 2.47. The van der Waals surface area contributed by atoms with Crippen molar-refractivity contribution in [3.8, 4) is 0 Å². The lowest BCUT2D eigenvalue weighted by Crippen LogP contribution is -2.17.